The molecule has 0 bridgehead atoms. The van der Waals surface area contributed by atoms with E-state index in [1.807, 2.05) is 24.3 Å². The molecule has 0 fully saturated rings. The van der Waals surface area contributed by atoms with Gasteiger partial charge in [-0.2, -0.15) is 0 Å². The molecule has 1 aromatic rings. The van der Waals surface area contributed by atoms with Crippen molar-refractivity contribution in [1.29, 1.82) is 0 Å². The number of fused-ring (bicyclic) bond motifs is 1. The molecule has 0 saturated heterocycles. The predicted octanol–water partition coefficient (Wildman–Crippen LogP) is 1.55. The first kappa shape index (κ1) is 9.06. The molecule has 0 N–H and O–H groups in total. The highest BCUT2D eigenvalue weighted by atomic mass is 16.6. The van der Waals surface area contributed by atoms with E-state index in [0.29, 0.717) is 6.42 Å². The average molecular weight is 194 g/mol. The zero-order valence-corrected chi connectivity index (χ0v) is 8.03. The van der Waals surface area contributed by atoms with E-state index in [4.69, 9.17) is 4.74 Å². The minimum atomic E-state index is -0.435. The topological polar surface area (TPSA) is 35.5 Å². The Morgan fingerprint density at radius 1 is 1.57 bits per heavy atom. The van der Waals surface area contributed by atoms with Crippen LogP contribution < -0.4 is 4.74 Å². The van der Waals surface area contributed by atoms with Gasteiger partial charge < -0.3 is 9.47 Å². The molecule has 1 atom stereocenters. The number of carbonyl (C=O) groups excluding carboxylic acids is 1. The van der Waals surface area contributed by atoms with Crippen LogP contribution in [0.3, 0.4) is 0 Å². The van der Waals surface area contributed by atoms with Gasteiger partial charge in [-0.25, -0.2) is 4.79 Å². The van der Waals surface area contributed by atoms with Crippen LogP contribution in [0.5, 0.6) is 5.75 Å². The number of para-hydroxylation sites is 1. The monoisotopic (exact) mass is 194 g/mol. The van der Waals surface area contributed by atoms with E-state index in [1.54, 1.807) is 0 Å². The summed E-state index contributed by atoms with van der Waals surface area (Å²) in [5.41, 5.74) is 1.16. The summed E-state index contributed by atoms with van der Waals surface area (Å²) in [6, 6.07) is 7.77. The number of hydrogen-bond donors (Lipinski definition) is 0. The fourth-order valence-electron chi connectivity index (χ4n) is 1.62. The van der Waals surface area contributed by atoms with E-state index >= 15 is 0 Å². The smallest absolute Gasteiger partial charge is 0.347 e. The van der Waals surface area contributed by atoms with Gasteiger partial charge in [0.25, 0.3) is 0 Å². The number of rotatable bonds is 1. The van der Waals surface area contributed by atoms with Crippen molar-refractivity contribution < 1.29 is 14.3 Å². The van der Waals surface area contributed by atoms with Gasteiger partial charge in [0.15, 0.2) is 6.10 Å². The molecule has 0 saturated carbocycles. The van der Waals surface area contributed by atoms with E-state index in [1.165, 1.54) is 7.11 Å². The molecule has 0 radical (unpaired) electrons. The molecule has 0 spiro atoms. The lowest BCUT2D eigenvalue weighted by Gasteiger charge is -2.23. The van der Waals surface area contributed by atoms with Crippen LogP contribution in [-0.2, 0) is 16.0 Å². The van der Waals surface area contributed by atoms with Crippen LogP contribution in [0.4, 0.5) is 0 Å². The Kier molecular flexibility index (Phi) is 2.39. The van der Waals surface area contributed by atoms with Crippen LogP contribution >= 0.6 is 0 Å². The van der Waals surface area contributed by atoms with Crippen molar-refractivity contribution >= 4 is 5.97 Å². The summed E-state index contributed by atoms with van der Waals surface area (Å²) in [6.45, 7) is 0. The minimum absolute atomic E-state index is 0.292. The largest absolute Gasteiger partial charge is 0.478 e. The van der Waals surface area contributed by atoms with Gasteiger partial charge in [0.2, 0.25) is 0 Å². The van der Waals surface area contributed by atoms with Gasteiger partial charge >= 0.3 is 5.97 Å². The van der Waals surface area contributed by atoms with Crippen molar-refractivity contribution in [3.63, 3.8) is 0 Å². The van der Waals surface area contributed by atoms with Crippen molar-refractivity contribution in [3.8, 4) is 5.75 Å². The summed E-state index contributed by atoms with van der Waals surface area (Å²) >= 11 is 0. The molecule has 14 heavy (non-hydrogen) atoms. The maximum Gasteiger partial charge on any atom is 0.347 e. The number of ether oxygens (including phenoxy) is 2. The highest BCUT2D eigenvalue weighted by Crippen LogP contribution is 2.27. The zero-order valence-electron chi connectivity index (χ0n) is 8.03. The molecule has 2 rings (SSSR count). The second kappa shape index (κ2) is 3.70. The second-order valence-corrected chi connectivity index (χ2v) is 3.28. The zero-order chi connectivity index (χ0) is 9.97. The molecule has 1 aromatic carbocycles. The molecule has 1 heterocycles. The Morgan fingerprint density at radius 2 is 2.36 bits per heavy atom. The van der Waals surface area contributed by atoms with E-state index in [0.717, 1.165) is 17.7 Å². The van der Waals surface area contributed by atoms with E-state index in [-0.39, 0.29) is 5.97 Å². The molecule has 0 unspecified atom stereocenters. The molecule has 1 aliphatic heterocycles. The van der Waals surface area contributed by atoms with E-state index in [2.05, 4.69) is 4.74 Å². The Hall–Kier alpha value is -1.51. The summed E-state index contributed by atoms with van der Waals surface area (Å²) in [6.07, 6.45) is 1.13. The van der Waals surface area contributed by atoms with Gasteiger partial charge in [-0.15, -0.1) is 0 Å². The Bertz CT molecular complexity index is 346. The van der Waals surface area contributed by atoms with Gasteiger partial charge in [0.05, 0.1) is 7.11 Å². The molecular formula is C11H12O3. The SMILES string of the molecule is COC(=O)[C@@H]1C[14CH2]c2ccccc2O1. The van der Waals surface area contributed by atoms with Crippen LogP contribution in [0.2, 0.25) is 0 Å². The normalized spacial score (nSPS) is 19.4. The third-order valence-electron chi connectivity index (χ3n) is 2.38. The molecule has 0 aromatic heterocycles. The quantitative estimate of drug-likeness (QED) is 0.636. The maximum atomic E-state index is 11.2. The average Bonchev–Trinajstić information content (AvgIpc) is 2.27. The Morgan fingerprint density at radius 3 is 3.14 bits per heavy atom. The first-order chi connectivity index (χ1) is 6.81. The van der Waals surface area contributed by atoms with Gasteiger partial charge in [-0.05, 0) is 24.5 Å². The second-order valence-electron chi connectivity index (χ2n) is 3.28. The van der Waals surface area contributed by atoms with Crippen LogP contribution in [-0.4, -0.2) is 19.2 Å². The fraction of sp³-hybridized carbons (Fsp3) is 0.364. The van der Waals surface area contributed by atoms with Crippen molar-refractivity contribution in [1.82, 2.24) is 0 Å². The molecule has 1 aliphatic rings. The summed E-state index contributed by atoms with van der Waals surface area (Å²) in [4.78, 5) is 11.2. The van der Waals surface area contributed by atoms with Gasteiger partial charge in [-0.1, -0.05) is 18.2 Å². The lowest BCUT2D eigenvalue weighted by Crippen LogP contribution is -2.32. The lowest BCUT2D eigenvalue weighted by molar-refractivity contribution is -0.149. The Labute approximate surface area is 82.6 Å². The molecule has 0 amide bonds. The van der Waals surface area contributed by atoms with Crippen LogP contribution in [0.1, 0.15) is 12.0 Å². The number of benzene rings is 1. The van der Waals surface area contributed by atoms with E-state index in [9.17, 15) is 4.79 Å². The molecule has 74 valence electrons. The number of carbonyl (C=O) groups is 1. The summed E-state index contributed by atoms with van der Waals surface area (Å²) in [7, 11) is 1.38. The minimum Gasteiger partial charge on any atom is -0.478 e. The highest BCUT2D eigenvalue weighted by molar-refractivity contribution is 5.75. The van der Waals surface area contributed by atoms with Gasteiger partial charge in [0, 0.05) is 0 Å². The predicted molar refractivity (Wildman–Crippen MR) is 51.2 cm³/mol. The molecule has 3 heteroatoms. The number of hydrogen-bond acceptors (Lipinski definition) is 3. The van der Waals surface area contributed by atoms with Gasteiger partial charge in [-0.3, -0.25) is 0 Å². The first-order valence-electron chi connectivity index (χ1n) is 4.63. The van der Waals surface area contributed by atoms with Crippen molar-refractivity contribution in [2.75, 3.05) is 7.11 Å². The van der Waals surface area contributed by atoms with Crippen molar-refractivity contribution in [2.24, 2.45) is 0 Å². The maximum absolute atomic E-state index is 11.2. The standard InChI is InChI=1S/C11H12O3/c1-13-11(12)10-7-6-8-4-2-3-5-9(8)14-10/h2-5,10H,6-7H2,1H3/t10-/m0/s1/i6+2. The van der Waals surface area contributed by atoms with Crippen LogP contribution in [0, 0.1) is 0 Å². The van der Waals surface area contributed by atoms with Crippen molar-refractivity contribution in [3.05, 3.63) is 29.8 Å². The number of esters is 1. The number of aryl methyl sites for hydroxylation is 1. The van der Waals surface area contributed by atoms with Crippen LogP contribution in [0.15, 0.2) is 24.3 Å². The summed E-state index contributed by atoms with van der Waals surface area (Å²) < 4.78 is 10.2. The molecule has 3 nitrogen and oxygen atoms in total. The Balaban J connectivity index is 2.17. The van der Waals surface area contributed by atoms with E-state index < -0.39 is 6.10 Å². The van der Waals surface area contributed by atoms with Crippen molar-refractivity contribution in [2.45, 2.75) is 18.9 Å². The molecular weight excluding hydrogens is 182 g/mol. The fourth-order valence-corrected chi connectivity index (χ4v) is 1.62. The van der Waals surface area contributed by atoms with Gasteiger partial charge in [0.1, 0.15) is 5.75 Å². The third-order valence-corrected chi connectivity index (χ3v) is 2.38. The first-order valence-corrected chi connectivity index (χ1v) is 4.63. The third kappa shape index (κ3) is 1.58. The number of methoxy groups -OCH3 is 1. The van der Waals surface area contributed by atoms with Crippen LogP contribution in [0.25, 0.3) is 0 Å². The summed E-state index contributed by atoms with van der Waals surface area (Å²) in [5, 5.41) is 0. The lowest BCUT2D eigenvalue weighted by atomic mass is 10.2. The summed E-state index contributed by atoms with van der Waals surface area (Å²) in [5.74, 6) is 0.508. The molecule has 0 aliphatic carbocycles. The highest BCUT2D eigenvalue weighted by Gasteiger charge is 2.26.